The summed E-state index contributed by atoms with van der Waals surface area (Å²) in [7, 11) is 0. The van der Waals surface area contributed by atoms with E-state index in [0.717, 1.165) is 0 Å². The monoisotopic (exact) mass is 293 g/mol. The quantitative estimate of drug-likeness (QED) is 0.470. The molecule has 0 bridgehead atoms. The van der Waals surface area contributed by atoms with Gasteiger partial charge in [0.05, 0.1) is 0 Å². The van der Waals surface area contributed by atoms with Gasteiger partial charge < -0.3 is 0 Å². The second-order valence-corrected chi connectivity index (χ2v) is 8.00. The van der Waals surface area contributed by atoms with Crippen LogP contribution in [0.5, 0.6) is 0 Å². The molecule has 1 aromatic rings. The van der Waals surface area contributed by atoms with Gasteiger partial charge in [0, 0.05) is 0 Å². The number of hydrogen-bond donors (Lipinski definition) is 0. The summed E-state index contributed by atoms with van der Waals surface area (Å²) in [6.45, 7) is 0. The molecule has 0 aromatic carbocycles. The molecule has 1 aromatic heterocycles. The topological polar surface area (TPSA) is 12.9 Å². The van der Waals surface area contributed by atoms with Crippen LogP contribution in [-0.2, 0) is 0 Å². The maximum absolute atomic E-state index is 4.06. The van der Waals surface area contributed by atoms with E-state index in [1.54, 1.807) is 0 Å². The second kappa shape index (κ2) is 2.50. The molecule has 0 spiro atoms. The molecule has 1 rings (SSSR count). The molecule has 0 radical (unpaired) electrons. The molecule has 0 N–H and O–H groups in total. The van der Waals surface area contributed by atoms with Gasteiger partial charge in [0.1, 0.15) is 0 Å². The van der Waals surface area contributed by atoms with Crippen molar-refractivity contribution in [3.05, 3.63) is 6.20 Å². The Hall–Kier alpha value is 0.968. The Bertz CT molecular complexity index is 142. The van der Waals surface area contributed by atoms with E-state index in [4.69, 9.17) is 0 Å². The van der Waals surface area contributed by atoms with Crippen LogP contribution >= 0.6 is 0 Å². The Labute approximate surface area is 64.3 Å². The third-order valence-electron chi connectivity index (χ3n) is 0.481. The molecule has 1 heterocycles. The van der Waals surface area contributed by atoms with Crippen LogP contribution in [0.2, 0.25) is 0 Å². The molecule has 38 valence electrons. The van der Waals surface area contributed by atoms with E-state index in [1.807, 2.05) is 6.20 Å². The van der Waals surface area contributed by atoms with Crippen LogP contribution in [-0.4, -0.2) is 51.5 Å². The number of nitrogens with zero attached hydrogens (tertiary/aromatic N) is 1. The van der Waals surface area contributed by atoms with Crippen LogP contribution in [0.25, 0.3) is 0 Å². The van der Waals surface area contributed by atoms with Gasteiger partial charge in [-0.15, -0.1) is 0 Å². The molecule has 0 aliphatic rings. The van der Waals surface area contributed by atoms with Crippen LogP contribution in [0.4, 0.5) is 0 Å². The van der Waals surface area contributed by atoms with Gasteiger partial charge in [-0.3, -0.25) is 0 Å². The minimum atomic E-state index is 0.542. The van der Waals surface area contributed by atoms with E-state index >= 15 is 0 Å². The third-order valence-corrected chi connectivity index (χ3v) is 4.22. The predicted molar refractivity (Wildman–Crippen MR) is 34.7 cm³/mol. The summed E-state index contributed by atoms with van der Waals surface area (Å²) in [6, 6.07) is 0. The van der Waals surface area contributed by atoms with E-state index in [0.29, 0.717) is 14.5 Å². The zero-order chi connectivity index (χ0) is 5.28. The van der Waals surface area contributed by atoms with Crippen LogP contribution in [0.1, 0.15) is 0 Å². The summed E-state index contributed by atoms with van der Waals surface area (Å²) >= 11 is 5.54. The Morgan fingerprint density at radius 3 is 2.43 bits per heavy atom. The van der Waals surface area contributed by atoms with E-state index in [1.165, 1.54) is 6.80 Å². The SMILES string of the molecule is [SeH]c1cnc([SeH])[se]1. The van der Waals surface area contributed by atoms with Crippen LogP contribution < -0.4 is 6.80 Å². The van der Waals surface area contributed by atoms with E-state index in [2.05, 4.69) is 37.0 Å². The molecule has 0 unspecified atom stereocenters. The van der Waals surface area contributed by atoms with Crippen molar-refractivity contribution in [3.8, 4) is 0 Å². The van der Waals surface area contributed by atoms with E-state index in [9.17, 15) is 0 Å². The van der Waals surface area contributed by atoms with Gasteiger partial charge in [-0.05, 0) is 0 Å². The molecule has 0 fully saturated rings. The van der Waals surface area contributed by atoms with Gasteiger partial charge in [0.25, 0.3) is 0 Å². The van der Waals surface area contributed by atoms with Gasteiger partial charge in [0.15, 0.2) is 0 Å². The molecule has 0 atom stereocenters. The van der Waals surface area contributed by atoms with Gasteiger partial charge in [-0.1, -0.05) is 0 Å². The molecule has 0 saturated carbocycles. The summed E-state index contributed by atoms with van der Waals surface area (Å²) in [4.78, 5) is 4.06. The first-order valence-corrected chi connectivity index (χ1v) is 5.22. The van der Waals surface area contributed by atoms with Crippen molar-refractivity contribution >= 4 is 53.3 Å². The zero-order valence-electron chi connectivity index (χ0n) is 3.33. The first-order valence-electron chi connectivity index (χ1n) is 1.63. The van der Waals surface area contributed by atoms with Crippen molar-refractivity contribution in [1.29, 1.82) is 0 Å². The van der Waals surface area contributed by atoms with Gasteiger partial charge in [-0.25, -0.2) is 0 Å². The molecular weight excluding hydrogens is 287 g/mol. The second-order valence-electron chi connectivity index (χ2n) is 0.981. The maximum atomic E-state index is 4.06. The molecule has 4 heteroatoms. The summed E-state index contributed by atoms with van der Waals surface area (Å²) < 4.78 is 2.58. The third kappa shape index (κ3) is 1.73. The first kappa shape index (κ1) is 6.09. The molecular formula is C3H3NSe3. The van der Waals surface area contributed by atoms with E-state index < -0.39 is 0 Å². The average Bonchev–Trinajstić information content (AvgIpc) is 1.87. The number of rotatable bonds is 0. The normalized spacial score (nSPS) is 9.43. The summed E-state index contributed by atoms with van der Waals surface area (Å²) in [5, 5.41) is 0. The Balaban J connectivity index is 3.04. The van der Waals surface area contributed by atoms with Crippen molar-refractivity contribution in [2.45, 2.75) is 0 Å². The molecule has 1 nitrogen and oxygen atoms in total. The fourth-order valence-electron chi connectivity index (χ4n) is 0.257. The first-order chi connectivity index (χ1) is 3.29. The fourth-order valence-corrected chi connectivity index (χ4v) is 5.11. The summed E-state index contributed by atoms with van der Waals surface area (Å²) in [5.41, 5.74) is 0. The molecule has 0 aliphatic heterocycles. The standard InChI is InChI=1S/C3H3NSe3/c5-2-1-4-3(6)7-2/h1,5H,(H,4,6). The van der Waals surface area contributed by atoms with Gasteiger partial charge in [0.2, 0.25) is 0 Å². The Morgan fingerprint density at radius 1 is 1.57 bits per heavy atom. The zero-order valence-corrected chi connectivity index (χ0v) is 8.79. The molecule has 0 amide bonds. The van der Waals surface area contributed by atoms with Gasteiger partial charge in [-0.2, -0.15) is 0 Å². The molecule has 0 aliphatic carbocycles. The number of hydrogen-bond acceptors (Lipinski definition) is 1. The predicted octanol–water partition coefficient (Wildman–Crippen LogP) is -2.81. The number of aromatic nitrogens is 1. The summed E-state index contributed by atoms with van der Waals surface area (Å²) in [5.74, 6) is 0. The average molecular weight is 290 g/mol. The molecule has 0 saturated heterocycles. The Morgan fingerprint density at radius 2 is 2.29 bits per heavy atom. The van der Waals surface area contributed by atoms with Crippen LogP contribution in [0.15, 0.2) is 6.20 Å². The van der Waals surface area contributed by atoms with Crippen molar-refractivity contribution in [2.75, 3.05) is 0 Å². The summed E-state index contributed by atoms with van der Waals surface area (Å²) in [6.07, 6.45) is 1.91. The Kier molecular flexibility index (Phi) is 2.17. The van der Waals surface area contributed by atoms with Crippen LogP contribution in [0.3, 0.4) is 0 Å². The van der Waals surface area contributed by atoms with Crippen molar-refractivity contribution in [3.63, 3.8) is 0 Å². The van der Waals surface area contributed by atoms with E-state index in [-0.39, 0.29) is 0 Å². The minimum absolute atomic E-state index is 0.542. The molecule has 7 heavy (non-hydrogen) atoms. The van der Waals surface area contributed by atoms with Crippen molar-refractivity contribution < 1.29 is 0 Å². The fraction of sp³-hybridized carbons (Fsp3) is 0. The van der Waals surface area contributed by atoms with Crippen LogP contribution in [0, 0.1) is 0 Å². The van der Waals surface area contributed by atoms with Gasteiger partial charge >= 0.3 is 64.5 Å². The van der Waals surface area contributed by atoms with Crippen molar-refractivity contribution in [1.82, 2.24) is 4.98 Å². The van der Waals surface area contributed by atoms with Crippen molar-refractivity contribution in [2.24, 2.45) is 0 Å².